The summed E-state index contributed by atoms with van der Waals surface area (Å²) >= 11 is 0. The Morgan fingerprint density at radius 2 is 1.80 bits per heavy atom. The van der Waals surface area contributed by atoms with Gasteiger partial charge in [0.2, 0.25) is 0 Å². The van der Waals surface area contributed by atoms with Crippen LogP contribution in [-0.4, -0.2) is 28.7 Å². The molecule has 1 atom stereocenters. The van der Waals surface area contributed by atoms with E-state index >= 15 is 0 Å². The van der Waals surface area contributed by atoms with Crippen molar-refractivity contribution in [3.8, 4) is 0 Å². The van der Waals surface area contributed by atoms with E-state index in [4.69, 9.17) is 5.11 Å². The molecule has 0 radical (unpaired) electrons. The first-order valence-corrected chi connectivity index (χ1v) is 7.69. The van der Waals surface area contributed by atoms with E-state index in [2.05, 4.69) is 24.5 Å². The number of amides is 2. The number of carbonyl (C=O) groups is 2. The van der Waals surface area contributed by atoms with Gasteiger partial charge in [-0.2, -0.15) is 0 Å². The highest BCUT2D eigenvalue weighted by molar-refractivity contribution is 5.77. The van der Waals surface area contributed by atoms with Crippen LogP contribution in [-0.2, 0) is 4.79 Å². The van der Waals surface area contributed by atoms with Crippen LogP contribution in [0.25, 0.3) is 0 Å². The first-order valence-electron chi connectivity index (χ1n) is 7.69. The molecule has 1 unspecified atom stereocenters. The summed E-state index contributed by atoms with van der Waals surface area (Å²) in [6.45, 7) is 6.18. The Morgan fingerprint density at radius 1 is 1.20 bits per heavy atom. The van der Waals surface area contributed by atoms with E-state index in [0.717, 1.165) is 38.5 Å². The minimum absolute atomic E-state index is 0.0128. The predicted molar refractivity (Wildman–Crippen MR) is 78.7 cm³/mol. The van der Waals surface area contributed by atoms with Gasteiger partial charge in [-0.25, -0.2) is 4.79 Å². The lowest BCUT2D eigenvalue weighted by atomic mass is 9.79. The van der Waals surface area contributed by atoms with E-state index in [1.165, 1.54) is 0 Å². The molecule has 1 aliphatic carbocycles. The molecule has 0 saturated heterocycles. The van der Waals surface area contributed by atoms with Crippen LogP contribution in [0.15, 0.2) is 0 Å². The summed E-state index contributed by atoms with van der Waals surface area (Å²) in [6, 6.07) is -0.103. The third kappa shape index (κ3) is 5.02. The zero-order valence-electron chi connectivity index (χ0n) is 12.9. The molecule has 20 heavy (non-hydrogen) atoms. The fourth-order valence-corrected chi connectivity index (χ4v) is 3.05. The van der Waals surface area contributed by atoms with Crippen LogP contribution in [0.4, 0.5) is 4.79 Å². The Morgan fingerprint density at radius 3 is 2.25 bits per heavy atom. The maximum atomic E-state index is 12.2. The van der Waals surface area contributed by atoms with Crippen molar-refractivity contribution < 1.29 is 14.7 Å². The molecule has 1 aliphatic rings. The molecule has 0 aromatic carbocycles. The first kappa shape index (κ1) is 16.8. The summed E-state index contributed by atoms with van der Waals surface area (Å²) in [7, 11) is 0. The molecular formula is C15H28N2O3. The number of rotatable bonds is 6. The van der Waals surface area contributed by atoms with Crippen LogP contribution in [0, 0.1) is 5.92 Å². The summed E-state index contributed by atoms with van der Waals surface area (Å²) in [5.41, 5.74) is -0.566. The Labute approximate surface area is 121 Å². The average Bonchev–Trinajstić information content (AvgIpc) is 2.35. The van der Waals surface area contributed by atoms with E-state index in [1.807, 2.05) is 6.92 Å². The Hall–Kier alpha value is -1.26. The minimum Gasteiger partial charge on any atom is -0.481 e. The van der Waals surface area contributed by atoms with E-state index in [-0.39, 0.29) is 18.5 Å². The van der Waals surface area contributed by atoms with Gasteiger partial charge < -0.3 is 15.7 Å². The van der Waals surface area contributed by atoms with Crippen molar-refractivity contribution >= 4 is 12.0 Å². The number of carboxylic acids is 1. The van der Waals surface area contributed by atoms with Crippen LogP contribution in [0.3, 0.4) is 0 Å². The first-order chi connectivity index (χ1) is 9.38. The van der Waals surface area contributed by atoms with E-state index < -0.39 is 11.5 Å². The lowest BCUT2D eigenvalue weighted by Gasteiger charge is -2.37. The van der Waals surface area contributed by atoms with Gasteiger partial charge in [0.25, 0.3) is 0 Å². The number of aliphatic carboxylic acids is 1. The lowest BCUT2D eigenvalue weighted by Crippen LogP contribution is -2.56. The Bertz CT molecular complexity index is 336. The Balaban J connectivity index is 2.64. The number of nitrogens with one attached hydrogen (secondary N) is 2. The fraction of sp³-hybridized carbons (Fsp3) is 0.867. The molecule has 5 nitrogen and oxygen atoms in total. The highest BCUT2D eigenvalue weighted by Crippen LogP contribution is 2.31. The highest BCUT2D eigenvalue weighted by atomic mass is 16.4. The number of urea groups is 1. The molecule has 116 valence electrons. The molecule has 0 spiro atoms. The predicted octanol–water partition coefficient (Wildman–Crippen LogP) is 2.90. The average molecular weight is 284 g/mol. The standard InChI is InChI=1S/C15H28N2O3/c1-4-12(11(2)3)16-14(20)17-15(10-13(18)19)8-6-5-7-9-15/h11-12H,4-10H2,1-3H3,(H,18,19)(H2,16,17,20). The van der Waals surface area contributed by atoms with Crippen molar-refractivity contribution in [2.24, 2.45) is 5.92 Å². The van der Waals surface area contributed by atoms with Gasteiger partial charge in [0.1, 0.15) is 0 Å². The summed E-state index contributed by atoms with van der Waals surface area (Å²) in [6.07, 6.45) is 5.48. The molecule has 0 aromatic heterocycles. The van der Waals surface area contributed by atoms with Crippen molar-refractivity contribution in [1.29, 1.82) is 0 Å². The van der Waals surface area contributed by atoms with Gasteiger partial charge in [-0.3, -0.25) is 4.79 Å². The largest absolute Gasteiger partial charge is 0.481 e. The normalized spacial score (nSPS) is 19.4. The van der Waals surface area contributed by atoms with E-state index in [9.17, 15) is 9.59 Å². The Kier molecular flexibility index (Phi) is 6.30. The zero-order valence-corrected chi connectivity index (χ0v) is 12.9. The molecule has 1 rings (SSSR count). The second-order valence-corrected chi connectivity index (χ2v) is 6.27. The quantitative estimate of drug-likeness (QED) is 0.701. The topological polar surface area (TPSA) is 78.4 Å². The number of carboxylic acid groups (broad SMARTS) is 1. The van der Waals surface area contributed by atoms with Gasteiger partial charge in [-0.05, 0) is 25.2 Å². The minimum atomic E-state index is -0.844. The van der Waals surface area contributed by atoms with Crippen molar-refractivity contribution in [3.05, 3.63) is 0 Å². The van der Waals surface area contributed by atoms with Crippen LogP contribution >= 0.6 is 0 Å². The van der Waals surface area contributed by atoms with Gasteiger partial charge in [-0.15, -0.1) is 0 Å². The van der Waals surface area contributed by atoms with Crippen LogP contribution < -0.4 is 10.6 Å². The van der Waals surface area contributed by atoms with Crippen molar-refractivity contribution in [2.45, 2.75) is 77.3 Å². The molecule has 2 amide bonds. The molecule has 0 aromatic rings. The molecule has 5 heteroatoms. The van der Waals surface area contributed by atoms with Crippen molar-refractivity contribution in [1.82, 2.24) is 10.6 Å². The summed E-state index contributed by atoms with van der Waals surface area (Å²) in [5.74, 6) is -0.476. The van der Waals surface area contributed by atoms with Crippen LogP contribution in [0.1, 0.15) is 65.7 Å². The van der Waals surface area contributed by atoms with Crippen LogP contribution in [0.2, 0.25) is 0 Å². The molecule has 0 aliphatic heterocycles. The van der Waals surface area contributed by atoms with Gasteiger partial charge in [0.05, 0.1) is 12.0 Å². The lowest BCUT2D eigenvalue weighted by molar-refractivity contribution is -0.139. The third-order valence-electron chi connectivity index (χ3n) is 4.24. The zero-order chi connectivity index (χ0) is 15.2. The molecule has 0 heterocycles. The second-order valence-electron chi connectivity index (χ2n) is 6.27. The molecular weight excluding hydrogens is 256 g/mol. The van der Waals surface area contributed by atoms with E-state index in [0.29, 0.717) is 5.92 Å². The highest BCUT2D eigenvalue weighted by Gasteiger charge is 2.36. The molecule has 1 saturated carbocycles. The van der Waals surface area contributed by atoms with Crippen molar-refractivity contribution in [2.75, 3.05) is 0 Å². The van der Waals surface area contributed by atoms with Crippen LogP contribution in [0.5, 0.6) is 0 Å². The van der Waals surface area contributed by atoms with Gasteiger partial charge in [-0.1, -0.05) is 40.0 Å². The van der Waals surface area contributed by atoms with Crippen molar-refractivity contribution in [3.63, 3.8) is 0 Å². The molecule has 1 fully saturated rings. The second kappa shape index (κ2) is 7.50. The monoisotopic (exact) mass is 284 g/mol. The smallest absolute Gasteiger partial charge is 0.315 e. The summed E-state index contributed by atoms with van der Waals surface area (Å²) in [4.78, 5) is 23.2. The van der Waals surface area contributed by atoms with Gasteiger partial charge in [0, 0.05) is 6.04 Å². The number of carbonyl (C=O) groups excluding carboxylic acids is 1. The van der Waals surface area contributed by atoms with Gasteiger partial charge >= 0.3 is 12.0 Å². The number of hydrogen-bond donors (Lipinski definition) is 3. The summed E-state index contributed by atoms with van der Waals surface area (Å²) in [5, 5.41) is 15.0. The van der Waals surface area contributed by atoms with E-state index in [1.54, 1.807) is 0 Å². The summed E-state index contributed by atoms with van der Waals surface area (Å²) < 4.78 is 0. The molecule has 3 N–H and O–H groups in total. The number of hydrogen-bond acceptors (Lipinski definition) is 2. The molecule has 0 bridgehead atoms. The SMILES string of the molecule is CCC(NC(=O)NC1(CC(=O)O)CCCCC1)C(C)C. The van der Waals surface area contributed by atoms with Gasteiger partial charge in [0.15, 0.2) is 0 Å². The third-order valence-corrected chi connectivity index (χ3v) is 4.24. The maximum absolute atomic E-state index is 12.2. The maximum Gasteiger partial charge on any atom is 0.315 e. The fourth-order valence-electron chi connectivity index (χ4n) is 3.05.